The molecule has 210 valence electrons. The van der Waals surface area contributed by atoms with Gasteiger partial charge in [0.15, 0.2) is 0 Å². The second-order valence-electron chi connectivity index (χ2n) is 9.11. The van der Waals surface area contributed by atoms with Gasteiger partial charge in [-0.2, -0.15) is 0 Å². The summed E-state index contributed by atoms with van der Waals surface area (Å²) in [6, 6.07) is 11.2. The van der Waals surface area contributed by atoms with Gasteiger partial charge in [0.2, 0.25) is 21.8 Å². The molecule has 2 aromatic rings. The lowest BCUT2D eigenvalue weighted by Crippen LogP contribution is -2.50. The molecule has 1 N–H and O–H groups in total. The number of nitrogens with zero attached hydrogens (tertiary/aromatic N) is 2. The maximum Gasteiger partial charge on any atom is 0.243 e. The molecule has 2 aromatic carbocycles. The summed E-state index contributed by atoms with van der Waals surface area (Å²) in [5.41, 5.74) is 1.10. The van der Waals surface area contributed by atoms with Crippen LogP contribution in [0.15, 0.2) is 42.5 Å². The molecule has 11 heteroatoms. The number of ether oxygens (including phenoxy) is 1. The third-order valence-electron chi connectivity index (χ3n) is 6.26. The number of anilines is 1. The number of carbonyl (C=O) groups is 2. The lowest BCUT2D eigenvalue weighted by molar-refractivity contribution is -0.141. The number of nitrogens with one attached hydrogen (secondary N) is 1. The molecule has 8 nitrogen and oxygen atoms in total. The summed E-state index contributed by atoms with van der Waals surface area (Å²) in [7, 11) is -2.18. The van der Waals surface area contributed by atoms with Crippen LogP contribution in [0.25, 0.3) is 0 Å². The van der Waals surface area contributed by atoms with E-state index in [4.69, 9.17) is 27.9 Å². The molecule has 0 aliphatic carbocycles. The van der Waals surface area contributed by atoms with E-state index in [2.05, 4.69) is 5.32 Å². The first kappa shape index (κ1) is 31.7. The van der Waals surface area contributed by atoms with Gasteiger partial charge in [-0.15, -0.1) is 0 Å². The Kier molecular flexibility index (Phi) is 12.2. The first-order chi connectivity index (χ1) is 17.9. The second-order valence-corrected chi connectivity index (χ2v) is 11.8. The molecule has 38 heavy (non-hydrogen) atoms. The molecule has 2 amide bonds. The molecule has 0 spiro atoms. The summed E-state index contributed by atoms with van der Waals surface area (Å²) in [6.07, 6.45) is 2.55. The molecule has 0 saturated heterocycles. The van der Waals surface area contributed by atoms with Gasteiger partial charge in [-0.1, -0.05) is 55.2 Å². The Hall–Kier alpha value is -2.49. The average Bonchev–Trinajstić information content (AvgIpc) is 2.86. The van der Waals surface area contributed by atoms with Crippen molar-refractivity contribution in [2.24, 2.45) is 0 Å². The van der Waals surface area contributed by atoms with E-state index in [1.54, 1.807) is 24.3 Å². The highest BCUT2D eigenvalue weighted by atomic mass is 35.5. The van der Waals surface area contributed by atoms with Gasteiger partial charge in [-0.25, -0.2) is 8.42 Å². The molecule has 0 radical (unpaired) electrons. The largest absolute Gasteiger partial charge is 0.495 e. The number of benzene rings is 2. The van der Waals surface area contributed by atoms with Crippen LogP contribution in [0.3, 0.4) is 0 Å². The predicted octanol–water partition coefficient (Wildman–Crippen LogP) is 5.27. The van der Waals surface area contributed by atoms with Crippen LogP contribution in [0.5, 0.6) is 5.75 Å². The lowest BCUT2D eigenvalue weighted by atomic mass is 10.1. The third-order valence-corrected chi connectivity index (χ3v) is 8.12. The summed E-state index contributed by atoms with van der Waals surface area (Å²) in [5.74, 6) is -0.0688. The minimum Gasteiger partial charge on any atom is -0.495 e. The second kappa shape index (κ2) is 14.6. The first-order valence-electron chi connectivity index (χ1n) is 12.6. The van der Waals surface area contributed by atoms with Crippen LogP contribution >= 0.6 is 23.2 Å². The van der Waals surface area contributed by atoms with Crippen LogP contribution in [0, 0.1) is 0 Å². The predicted molar refractivity (Wildman–Crippen MR) is 153 cm³/mol. The number of amides is 2. The summed E-state index contributed by atoms with van der Waals surface area (Å²) < 4.78 is 31.5. The van der Waals surface area contributed by atoms with Crippen LogP contribution in [-0.4, -0.2) is 57.1 Å². The molecule has 0 bridgehead atoms. The van der Waals surface area contributed by atoms with Crippen molar-refractivity contribution in [3.8, 4) is 5.75 Å². The van der Waals surface area contributed by atoms with Crippen LogP contribution in [0.4, 0.5) is 5.69 Å². The number of hydrogen-bond acceptors (Lipinski definition) is 5. The highest BCUT2D eigenvalue weighted by molar-refractivity contribution is 7.92. The van der Waals surface area contributed by atoms with Gasteiger partial charge < -0.3 is 15.0 Å². The van der Waals surface area contributed by atoms with Gasteiger partial charge in [0.25, 0.3) is 0 Å². The Morgan fingerprint density at radius 1 is 1.05 bits per heavy atom. The van der Waals surface area contributed by atoms with Gasteiger partial charge in [0.1, 0.15) is 11.8 Å². The molecule has 0 aliphatic rings. The summed E-state index contributed by atoms with van der Waals surface area (Å²) in [6.45, 7) is 5.96. The maximum atomic E-state index is 13.5. The van der Waals surface area contributed by atoms with E-state index in [1.807, 2.05) is 32.9 Å². The van der Waals surface area contributed by atoms with Crippen molar-refractivity contribution in [1.82, 2.24) is 10.2 Å². The van der Waals surface area contributed by atoms with Crippen molar-refractivity contribution >= 4 is 50.7 Å². The van der Waals surface area contributed by atoms with Crippen molar-refractivity contribution in [3.05, 3.63) is 58.1 Å². The maximum absolute atomic E-state index is 13.5. The molecule has 0 saturated carbocycles. The molecule has 0 unspecified atom stereocenters. The number of carbonyl (C=O) groups excluding carboxylic acids is 2. The number of halogens is 2. The fourth-order valence-corrected chi connectivity index (χ4v) is 5.39. The molecule has 0 aromatic heterocycles. The summed E-state index contributed by atoms with van der Waals surface area (Å²) in [5, 5.41) is 3.75. The van der Waals surface area contributed by atoms with Crippen molar-refractivity contribution in [3.63, 3.8) is 0 Å². The first-order valence-corrected chi connectivity index (χ1v) is 15.2. The van der Waals surface area contributed by atoms with Crippen molar-refractivity contribution in [2.75, 3.05) is 24.2 Å². The van der Waals surface area contributed by atoms with Gasteiger partial charge >= 0.3 is 0 Å². The minimum atomic E-state index is -3.65. The van der Waals surface area contributed by atoms with Gasteiger partial charge in [-0.3, -0.25) is 13.9 Å². The fourth-order valence-electron chi connectivity index (χ4n) is 3.99. The van der Waals surface area contributed by atoms with Crippen LogP contribution in [-0.2, 0) is 26.2 Å². The van der Waals surface area contributed by atoms with Crippen molar-refractivity contribution < 1.29 is 22.7 Å². The fraction of sp³-hybridized carbons (Fsp3) is 0.481. The van der Waals surface area contributed by atoms with E-state index in [9.17, 15) is 18.0 Å². The molecule has 2 rings (SSSR count). The Labute approximate surface area is 236 Å². The lowest BCUT2D eigenvalue weighted by Gasteiger charge is -2.32. The zero-order valence-electron chi connectivity index (χ0n) is 22.5. The molecule has 0 fully saturated rings. The van der Waals surface area contributed by atoms with E-state index >= 15 is 0 Å². The average molecular weight is 587 g/mol. The van der Waals surface area contributed by atoms with Crippen LogP contribution in [0.2, 0.25) is 10.0 Å². The smallest absolute Gasteiger partial charge is 0.243 e. The van der Waals surface area contributed by atoms with Crippen LogP contribution < -0.4 is 14.4 Å². The molecular formula is C27H37Cl2N3O5S. The van der Waals surface area contributed by atoms with E-state index in [1.165, 1.54) is 22.4 Å². The summed E-state index contributed by atoms with van der Waals surface area (Å²) >= 11 is 12.6. The number of rotatable bonds is 14. The topological polar surface area (TPSA) is 96.0 Å². The summed E-state index contributed by atoms with van der Waals surface area (Å²) in [4.78, 5) is 28.2. The molecule has 0 heterocycles. The zero-order chi connectivity index (χ0) is 28.5. The van der Waals surface area contributed by atoms with Gasteiger partial charge in [-0.05, 0) is 56.0 Å². The van der Waals surface area contributed by atoms with E-state index in [0.717, 1.165) is 18.2 Å². The Bertz CT molecular complexity index is 1210. The Morgan fingerprint density at radius 2 is 1.74 bits per heavy atom. The SMILES string of the molecule is CC[C@@H](C)NC(=O)[C@@H](CC)N(Cc1ccccc1Cl)C(=O)CCCN(c1ccc(OC)c(Cl)c1)S(C)(=O)=O. The van der Waals surface area contributed by atoms with E-state index < -0.39 is 16.1 Å². The highest BCUT2D eigenvalue weighted by Crippen LogP contribution is 2.30. The third kappa shape index (κ3) is 8.78. The standard InChI is InChI=1S/C27H37Cl2N3O5S/c1-6-19(3)30-27(34)24(7-2)31(18-20-11-8-9-12-22(20)28)26(33)13-10-16-32(38(5,35)36)21-14-15-25(37-4)23(29)17-21/h8-9,11-12,14-15,17,19,24H,6-7,10,13,16,18H2,1-5H3,(H,30,34)/t19-,24-/m1/s1. The number of hydrogen-bond donors (Lipinski definition) is 1. The van der Waals surface area contributed by atoms with Gasteiger partial charge in [0, 0.05) is 30.6 Å². The number of methoxy groups -OCH3 is 1. The minimum absolute atomic E-state index is 0.0338. The van der Waals surface area contributed by atoms with Crippen LogP contribution in [0.1, 0.15) is 52.0 Å². The van der Waals surface area contributed by atoms with Gasteiger partial charge in [0.05, 0.1) is 24.1 Å². The molecular weight excluding hydrogens is 549 g/mol. The quantitative estimate of drug-likeness (QED) is 0.326. The van der Waals surface area contributed by atoms with E-state index in [-0.39, 0.29) is 48.8 Å². The number of sulfonamides is 1. The molecule has 0 aliphatic heterocycles. The zero-order valence-corrected chi connectivity index (χ0v) is 24.9. The molecule has 2 atom stereocenters. The normalized spacial score (nSPS) is 12.9. The highest BCUT2D eigenvalue weighted by Gasteiger charge is 2.30. The Morgan fingerprint density at radius 3 is 2.29 bits per heavy atom. The van der Waals surface area contributed by atoms with Crippen molar-refractivity contribution in [1.29, 1.82) is 0 Å². The van der Waals surface area contributed by atoms with Crippen molar-refractivity contribution in [2.45, 2.75) is 65.1 Å². The van der Waals surface area contributed by atoms with E-state index in [0.29, 0.717) is 22.9 Å². The Balaban J connectivity index is 2.26. The monoisotopic (exact) mass is 585 g/mol.